The van der Waals surface area contributed by atoms with Gasteiger partial charge in [0.05, 0.1) is 19.3 Å². The van der Waals surface area contributed by atoms with Crippen LogP contribution in [0.25, 0.3) is 0 Å². The minimum absolute atomic E-state index is 0.116. The van der Waals surface area contributed by atoms with Gasteiger partial charge in [-0.05, 0) is 38.1 Å². The number of nitrogens with one attached hydrogen (secondary N) is 2. The summed E-state index contributed by atoms with van der Waals surface area (Å²) in [6.45, 7) is 4.44. The molecule has 1 aromatic heterocycles. The summed E-state index contributed by atoms with van der Waals surface area (Å²) in [5, 5.41) is 18.7. The van der Waals surface area contributed by atoms with Gasteiger partial charge in [-0.2, -0.15) is 5.10 Å². The van der Waals surface area contributed by atoms with Crippen LogP contribution in [-0.2, 0) is 20.9 Å². The van der Waals surface area contributed by atoms with E-state index < -0.39 is 17.8 Å². The SMILES string of the molecule is COC(=O)c1cc(NC(=O)C(=O)NCCn2nc(C)cc2C)ccc1O. The third kappa shape index (κ3) is 4.59. The number of phenols is 1. The van der Waals surface area contributed by atoms with Crippen molar-refractivity contribution < 1.29 is 24.2 Å². The molecule has 0 unspecified atom stereocenters. The summed E-state index contributed by atoms with van der Waals surface area (Å²) >= 11 is 0. The van der Waals surface area contributed by atoms with Crippen LogP contribution in [-0.4, -0.2) is 46.3 Å². The first kappa shape index (κ1) is 19.0. The molecule has 2 rings (SSSR count). The predicted molar refractivity (Wildman–Crippen MR) is 92.8 cm³/mol. The highest BCUT2D eigenvalue weighted by Gasteiger charge is 2.16. The number of aromatic nitrogens is 2. The fourth-order valence-electron chi connectivity index (χ4n) is 2.33. The molecule has 2 amide bonds. The van der Waals surface area contributed by atoms with Gasteiger partial charge in [0, 0.05) is 17.9 Å². The quantitative estimate of drug-likeness (QED) is 0.411. The van der Waals surface area contributed by atoms with Crippen molar-refractivity contribution in [2.45, 2.75) is 20.4 Å². The van der Waals surface area contributed by atoms with Crippen LogP contribution >= 0.6 is 0 Å². The standard InChI is InChI=1S/C17H20N4O5/c1-10-8-11(2)21(20-10)7-6-18-15(23)16(24)19-12-4-5-14(22)13(9-12)17(25)26-3/h4-5,8-9,22H,6-7H2,1-3H3,(H,18,23)(H,19,24). The zero-order valence-electron chi connectivity index (χ0n) is 14.7. The van der Waals surface area contributed by atoms with Crippen LogP contribution in [0.3, 0.4) is 0 Å². The Morgan fingerprint density at radius 2 is 1.92 bits per heavy atom. The summed E-state index contributed by atoms with van der Waals surface area (Å²) in [4.78, 5) is 35.3. The van der Waals surface area contributed by atoms with Gasteiger partial charge in [-0.1, -0.05) is 0 Å². The number of hydrogen-bond donors (Lipinski definition) is 3. The third-order valence-corrected chi connectivity index (χ3v) is 3.58. The van der Waals surface area contributed by atoms with E-state index in [9.17, 15) is 19.5 Å². The number of methoxy groups -OCH3 is 1. The van der Waals surface area contributed by atoms with E-state index in [0.717, 1.165) is 11.4 Å². The second-order valence-electron chi connectivity index (χ2n) is 5.58. The van der Waals surface area contributed by atoms with Gasteiger partial charge in [0.2, 0.25) is 0 Å². The molecule has 0 aliphatic rings. The highest BCUT2D eigenvalue weighted by molar-refractivity contribution is 6.39. The number of aryl methyl sites for hydroxylation is 2. The van der Waals surface area contributed by atoms with Crippen molar-refractivity contribution in [1.29, 1.82) is 0 Å². The molecular weight excluding hydrogens is 340 g/mol. The molecule has 0 radical (unpaired) electrons. The van der Waals surface area contributed by atoms with Crippen LogP contribution in [0.4, 0.5) is 5.69 Å². The number of hydrogen-bond acceptors (Lipinski definition) is 6. The number of carbonyl (C=O) groups excluding carboxylic acids is 3. The molecular formula is C17H20N4O5. The number of nitrogens with zero attached hydrogens (tertiary/aromatic N) is 2. The molecule has 0 saturated carbocycles. The van der Waals surface area contributed by atoms with Gasteiger partial charge in [-0.3, -0.25) is 14.3 Å². The highest BCUT2D eigenvalue weighted by atomic mass is 16.5. The van der Waals surface area contributed by atoms with E-state index in [-0.39, 0.29) is 23.5 Å². The summed E-state index contributed by atoms with van der Waals surface area (Å²) in [5.74, 6) is -2.75. The summed E-state index contributed by atoms with van der Waals surface area (Å²) in [6, 6.07) is 5.73. The molecule has 26 heavy (non-hydrogen) atoms. The topological polar surface area (TPSA) is 123 Å². The van der Waals surface area contributed by atoms with E-state index >= 15 is 0 Å². The van der Waals surface area contributed by atoms with Crippen molar-refractivity contribution in [2.24, 2.45) is 0 Å². The number of rotatable bonds is 5. The summed E-state index contributed by atoms with van der Waals surface area (Å²) in [6.07, 6.45) is 0. The summed E-state index contributed by atoms with van der Waals surface area (Å²) < 4.78 is 6.26. The lowest BCUT2D eigenvalue weighted by Gasteiger charge is -2.09. The van der Waals surface area contributed by atoms with Gasteiger partial charge in [0.15, 0.2) is 0 Å². The number of ether oxygens (including phenoxy) is 1. The summed E-state index contributed by atoms with van der Waals surface area (Å²) in [7, 11) is 1.17. The lowest BCUT2D eigenvalue weighted by atomic mass is 10.1. The molecule has 1 aromatic carbocycles. The predicted octanol–water partition coefficient (Wildman–Crippen LogP) is 0.747. The Hall–Kier alpha value is -3.36. The van der Waals surface area contributed by atoms with Crippen LogP contribution in [0, 0.1) is 13.8 Å². The number of phenolic OH excluding ortho intramolecular Hbond substituents is 1. The number of anilines is 1. The van der Waals surface area contributed by atoms with Crippen LogP contribution in [0.15, 0.2) is 24.3 Å². The Balaban J connectivity index is 1.91. The smallest absolute Gasteiger partial charge is 0.341 e. The fourth-order valence-corrected chi connectivity index (χ4v) is 2.33. The molecule has 0 fully saturated rings. The first-order chi connectivity index (χ1) is 12.3. The lowest BCUT2D eigenvalue weighted by Crippen LogP contribution is -2.37. The molecule has 2 aromatic rings. The second kappa shape index (κ2) is 8.15. The molecule has 3 N–H and O–H groups in total. The zero-order chi connectivity index (χ0) is 19.3. The van der Waals surface area contributed by atoms with E-state index in [4.69, 9.17) is 0 Å². The van der Waals surface area contributed by atoms with Crippen molar-refractivity contribution in [3.05, 3.63) is 41.2 Å². The van der Waals surface area contributed by atoms with Crippen LogP contribution < -0.4 is 10.6 Å². The molecule has 9 heteroatoms. The van der Waals surface area contributed by atoms with E-state index in [2.05, 4.69) is 20.5 Å². The zero-order valence-corrected chi connectivity index (χ0v) is 14.7. The monoisotopic (exact) mass is 360 g/mol. The highest BCUT2D eigenvalue weighted by Crippen LogP contribution is 2.22. The Labute approximate surface area is 150 Å². The van der Waals surface area contributed by atoms with Gasteiger partial charge in [-0.15, -0.1) is 0 Å². The van der Waals surface area contributed by atoms with Crippen molar-refractivity contribution >= 4 is 23.5 Å². The number of carbonyl (C=O) groups is 3. The Kier molecular flexibility index (Phi) is 5.94. The maximum atomic E-state index is 11.9. The largest absolute Gasteiger partial charge is 0.507 e. The van der Waals surface area contributed by atoms with Crippen molar-refractivity contribution in [3.8, 4) is 5.75 Å². The fraction of sp³-hybridized carbons (Fsp3) is 0.294. The van der Waals surface area contributed by atoms with Gasteiger partial charge in [0.25, 0.3) is 0 Å². The van der Waals surface area contributed by atoms with Crippen LogP contribution in [0.5, 0.6) is 5.75 Å². The first-order valence-corrected chi connectivity index (χ1v) is 7.83. The lowest BCUT2D eigenvalue weighted by molar-refractivity contribution is -0.136. The number of esters is 1. The van der Waals surface area contributed by atoms with E-state index in [1.54, 1.807) is 4.68 Å². The van der Waals surface area contributed by atoms with E-state index in [1.165, 1.54) is 25.3 Å². The number of amides is 2. The van der Waals surface area contributed by atoms with E-state index in [0.29, 0.717) is 6.54 Å². The maximum absolute atomic E-state index is 11.9. The number of aromatic hydroxyl groups is 1. The molecule has 1 heterocycles. The average molecular weight is 360 g/mol. The minimum atomic E-state index is -0.889. The number of benzene rings is 1. The molecule has 0 aliphatic heterocycles. The molecule has 0 aliphatic carbocycles. The Bertz CT molecular complexity index is 844. The molecule has 0 bridgehead atoms. The maximum Gasteiger partial charge on any atom is 0.341 e. The van der Waals surface area contributed by atoms with Gasteiger partial charge in [0.1, 0.15) is 11.3 Å². The van der Waals surface area contributed by atoms with Crippen molar-refractivity contribution in [2.75, 3.05) is 19.0 Å². The van der Waals surface area contributed by atoms with Crippen LogP contribution in [0.1, 0.15) is 21.7 Å². The van der Waals surface area contributed by atoms with Crippen molar-refractivity contribution in [1.82, 2.24) is 15.1 Å². The molecule has 0 saturated heterocycles. The molecule has 9 nitrogen and oxygen atoms in total. The molecule has 0 atom stereocenters. The molecule has 138 valence electrons. The normalized spacial score (nSPS) is 10.3. The Morgan fingerprint density at radius 1 is 1.19 bits per heavy atom. The second-order valence-corrected chi connectivity index (χ2v) is 5.58. The Morgan fingerprint density at radius 3 is 2.54 bits per heavy atom. The minimum Gasteiger partial charge on any atom is -0.507 e. The van der Waals surface area contributed by atoms with Crippen LogP contribution in [0.2, 0.25) is 0 Å². The molecule has 0 spiro atoms. The van der Waals surface area contributed by atoms with Crippen molar-refractivity contribution in [3.63, 3.8) is 0 Å². The van der Waals surface area contributed by atoms with E-state index in [1.807, 2.05) is 19.9 Å². The van der Waals surface area contributed by atoms with Gasteiger partial charge >= 0.3 is 17.8 Å². The average Bonchev–Trinajstić information content (AvgIpc) is 2.93. The third-order valence-electron chi connectivity index (χ3n) is 3.58. The first-order valence-electron chi connectivity index (χ1n) is 7.83. The summed E-state index contributed by atoms with van der Waals surface area (Å²) in [5.41, 5.74) is 1.90. The van der Waals surface area contributed by atoms with Gasteiger partial charge < -0.3 is 20.5 Å². The van der Waals surface area contributed by atoms with Gasteiger partial charge in [-0.25, -0.2) is 4.79 Å².